The highest BCUT2D eigenvalue weighted by Crippen LogP contribution is 2.43. The lowest BCUT2D eigenvalue weighted by atomic mass is 9.82. The lowest BCUT2D eigenvalue weighted by Gasteiger charge is -2.28. The molecule has 2 aliphatic carbocycles. The van der Waals surface area contributed by atoms with Crippen molar-refractivity contribution >= 4 is 0 Å². The van der Waals surface area contributed by atoms with Gasteiger partial charge < -0.3 is 14.2 Å². The van der Waals surface area contributed by atoms with Crippen molar-refractivity contribution < 1.29 is 40.6 Å². The van der Waals surface area contributed by atoms with Crippen molar-refractivity contribution in [3.63, 3.8) is 0 Å². The highest BCUT2D eigenvalue weighted by Gasteiger charge is 2.42. The molecule has 0 radical (unpaired) electrons. The summed E-state index contributed by atoms with van der Waals surface area (Å²) < 4.78 is 99.3. The van der Waals surface area contributed by atoms with Crippen LogP contribution in [-0.4, -0.2) is 25.4 Å². The Labute approximate surface area is 202 Å². The number of alkyl halides is 5. The SMILES string of the molecule is C/C=C/C1CCC(COc2ccc(OC(F)(F)COC3CCC(C)CC3)c(F)c2C(F)(F)F)CC1. The fraction of sp³-hybridized carbons (Fsp3) is 0.692. The summed E-state index contributed by atoms with van der Waals surface area (Å²) in [4.78, 5) is 0. The number of hydrogen-bond donors (Lipinski definition) is 0. The molecule has 0 spiro atoms. The van der Waals surface area contributed by atoms with Gasteiger partial charge in [0.15, 0.2) is 18.2 Å². The summed E-state index contributed by atoms with van der Waals surface area (Å²) in [5, 5.41) is 0. The molecule has 0 heterocycles. The van der Waals surface area contributed by atoms with Crippen molar-refractivity contribution in [2.45, 2.75) is 83.6 Å². The van der Waals surface area contributed by atoms with Crippen molar-refractivity contribution in [2.24, 2.45) is 17.8 Å². The third kappa shape index (κ3) is 8.05. The van der Waals surface area contributed by atoms with Gasteiger partial charge in [0.1, 0.15) is 11.3 Å². The van der Waals surface area contributed by atoms with Crippen LogP contribution in [-0.2, 0) is 10.9 Å². The first kappa shape index (κ1) is 27.7. The first-order valence-corrected chi connectivity index (χ1v) is 12.3. The second kappa shape index (κ2) is 11.9. The molecule has 0 aliphatic heterocycles. The normalized spacial score (nSPS) is 26.2. The smallest absolute Gasteiger partial charge is 0.422 e. The lowest BCUT2D eigenvalue weighted by molar-refractivity contribution is -0.223. The van der Waals surface area contributed by atoms with Crippen molar-refractivity contribution in [1.82, 2.24) is 0 Å². The van der Waals surface area contributed by atoms with E-state index in [0.717, 1.165) is 50.7 Å². The van der Waals surface area contributed by atoms with Crippen LogP contribution < -0.4 is 9.47 Å². The minimum atomic E-state index is -5.15. The van der Waals surface area contributed by atoms with Gasteiger partial charge in [-0.1, -0.05) is 19.1 Å². The zero-order chi connectivity index (χ0) is 25.6. The number of halogens is 6. The summed E-state index contributed by atoms with van der Waals surface area (Å²) in [5.74, 6) is -2.85. The molecule has 2 fully saturated rings. The average Bonchev–Trinajstić information content (AvgIpc) is 2.79. The molecule has 2 saturated carbocycles. The van der Waals surface area contributed by atoms with Crippen LogP contribution >= 0.6 is 0 Å². The van der Waals surface area contributed by atoms with Crippen LogP contribution in [0.1, 0.15) is 70.8 Å². The monoisotopic (exact) mass is 508 g/mol. The standard InChI is InChI=1S/C26H34F6O3/c1-3-4-18-7-9-19(10-8-18)15-33-21-13-14-22(24(27)23(21)26(30,31)32)35-25(28,29)16-34-20-11-5-17(2)6-12-20/h3-4,13-14,17-20H,5-12,15-16H2,1-2H3/b4-3+. The number of ether oxygens (including phenoxy) is 3. The Morgan fingerprint density at radius 3 is 2.14 bits per heavy atom. The van der Waals surface area contributed by atoms with Crippen molar-refractivity contribution in [1.29, 1.82) is 0 Å². The third-order valence-corrected chi connectivity index (χ3v) is 6.89. The Balaban J connectivity index is 1.64. The van der Waals surface area contributed by atoms with E-state index in [1.165, 1.54) is 0 Å². The van der Waals surface area contributed by atoms with E-state index in [1.807, 2.05) is 13.0 Å². The Hall–Kier alpha value is -1.90. The Morgan fingerprint density at radius 2 is 1.54 bits per heavy atom. The van der Waals surface area contributed by atoms with Crippen LogP contribution in [0.3, 0.4) is 0 Å². The molecule has 9 heteroatoms. The number of benzene rings is 1. The average molecular weight is 509 g/mol. The van der Waals surface area contributed by atoms with E-state index in [0.29, 0.717) is 24.7 Å². The van der Waals surface area contributed by atoms with Gasteiger partial charge in [0, 0.05) is 0 Å². The third-order valence-electron chi connectivity index (χ3n) is 6.89. The molecule has 0 unspecified atom stereocenters. The molecular formula is C26H34F6O3. The molecule has 0 saturated heterocycles. The molecule has 1 aromatic rings. The van der Waals surface area contributed by atoms with Crippen LogP contribution in [0.4, 0.5) is 26.3 Å². The van der Waals surface area contributed by atoms with E-state index in [9.17, 15) is 26.3 Å². The topological polar surface area (TPSA) is 27.7 Å². The Bertz CT molecular complexity index is 838. The maximum atomic E-state index is 14.8. The van der Waals surface area contributed by atoms with Crippen molar-refractivity contribution in [2.75, 3.05) is 13.2 Å². The van der Waals surface area contributed by atoms with Gasteiger partial charge in [0.2, 0.25) is 0 Å². The van der Waals surface area contributed by atoms with Crippen molar-refractivity contribution in [3.8, 4) is 11.5 Å². The van der Waals surface area contributed by atoms with E-state index in [1.54, 1.807) is 0 Å². The highest BCUT2D eigenvalue weighted by atomic mass is 19.4. The second-order valence-corrected chi connectivity index (χ2v) is 9.80. The fourth-order valence-electron chi connectivity index (χ4n) is 4.83. The van der Waals surface area contributed by atoms with Crippen LogP contribution in [0.15, 0.2) is 24.3 Å². The van der Waals surface area contributed by atoms with Gasteiger partial charge in [0.25, 0.3) is 0 Å². The maximum Gasteiger partial charge on any atom is 0.422 e. The minimum Gasteiger partial charge on any atom is -0.493 e. The van der Waals surface area contributed by atoms with E-state index >= 15 is 0 Å². The zero-order valence-electron chi connectivity index (χ0n) is 20.2. The van der Waals surface area contributed by atoms with Crippen LogP contribution in [0.25, 0.3) is 0 Å². The molecule has 35 heavy (non-hydrogen) atoms. The van der Waals surface area contributed by atoms with Gasteiger partial charge in [-0.25, -0.2) is 4.39 Å². The first-order chi connectivity index (χ1) is 16.5. The van der Waals surface area contributed by atoms with E-state index < -0.39 is 41.8 Å². The summed E-state index contributed by atoms with van der Waals surface area (Å²) in [6.45, 7) is 2.84. The second-order valence-electron chi connectivity index (χ2n) is 9.80. The molecule has 2 aliphatic rings. The van der Waals surface area contributed by atoms with Gasteiger partial charge in [-0.05, 0) is 88.2 Å². The molecule has 0 N–H and O–H groups in total. The summed E-state index contributed by atoms with van der Waals surface area (Å²) in [7, 11) is 0. The quantitative estimate of drug-likeness (QED) is 0.249. The van der Waals surface area contributed by atoms with E-state index in [-0.39, 0.29) is 18.6 Å². The molecule has 0 atom stereocenters. The molecule has 198 valence electrons. The summed E-state index contributed by atoms with van der Waals surface area (Å²) in [6.07, 6.45) is 0.898. The van der Waals surface area contributed by atoms with Gasteiger partial charge >= 0.3 is 12.3 Å². The molecule has 3 rings (SSSR count). The number of hydrogen-bond acceptors (Lipinski definition) is 3. The molecule has 1 aromatic carbocycles. The van der Waals surface area contributed by atoms with Gasteiger partial charge in [-0.15, -0.1) is 0 Å². The van der Waals surface area contributed by atoms with Crippen LogP contribution in [0, 0.1) is 23.6 Å². The van der Waals surface area contributed by atoms with Crippen LogP contribution in [0.5, 0.6) is 11.5 Å². The Kier molecular flexibility index (Phi) is 9.40. The summed E-state index contributed by atoms with van der Waals surface area (Å²) in [6, 6.07) is 1.59. The number of allylic oxidation sites excluding steroid dienone is 2. The predicted molar refractivity (Wildman–Crippen MR) is 120 cm³/mol. The van der Waals surface area contributed by atoms with Gasteiger partial charge in [-0.3, -0.25) is 0 Å². The minimum absolute atomic E-state index is 0.00467. The first-order valence-electron chi connectivity index (χ1n) is 12.3. The number of rotatable bonds is 9. The largest absolute Gasteiger partial charge is 0.493 e. The molecule has 0 bridgehead atoms. The molecule has 0 amide bonds. The maximum absolute atomic E-state index is 14.8. The summed E-state index contributed by atoms with van der Waals surface area (Å²) >= 11 is 0. The molecule has 3 nitrogen and oxygen atoms in total. The van der Waals surface area contributed by atoms with E-state index in [2.05, 4.69) is 17.7 Å². The highest BCUT2D eigenvalue weighted by molar-refractivity contribution is 5.44. The molecule has 0 aromatic heterocycles. The Morgan fingerprint density at radius 1 is 0.914 bits per heavy atom. The molecular weight excluding hydrogens is 474 g/mol. The predicted octanol–water partition coefficient (Wildman–Crippen LogP) is 8.17. The lowest BCUT2D eigenvalue weighted by Crippen LogP contribution is -2.34. The van der Waals surface area contributed by atoms with Crippen molar-refractivity contribution in [3.05, 3.63) is 35.7 Å². The van der Waals surface area contributed by atoms with Gasteiger partial charge in [0.05, 0.1) is 12.7 Å². The van der Waals surface area contributed by atoms with Gasteiger partial charge in [-0.2, -0.15) is 22.0 Å². The zero-order valence-corrected chi connectivity index (χ0v) is 20.2. The van der Waals surface area contributed by atoms with E-state index in [4.69, 9.17) is 9.47 Å². The van der Waals surface area contributed by atoms with Crippen LogP contribution in [0.2, 0.25) is 0 Å². The summed E-state index contributed by atoms with van der Waals surface area (Å²) in [5.41, 5.74) is -1.74. The fourth-order valence-corrected chi connectivity index (χ4v) is 4.83.